The number of hydrogen-bond donors (Lipinski definition) is 5. The first-order chi connectivity index (χ1) is 15.8. The number of carbonyl (C=O) groups excluding carboxylic acids is 1. The minimum atomic E-state index is -2.74. The zero-order chi connectivity index (χ0) is 27.0. The maximum atomic E-state index is 10.8. The predicted octanol–water partition coefficient (Wildman–Crippen LogP) is 0.596. The van der Waals surface area contributed by atoms with Gasteiger partial charge in [0.25, 0.3) is 0 Å². The second-order valence-corrected chi connectivity index (χ2v) is 13.7. The fourth-order valence-corrected chi connectivity index (χ4v) is 8.98. The highest BCUT2D eigenvalue weighted by Gasteiger charge is 2.50. The molecule has 0 radical (unpaired) electrons. The summed E-state index contributed by atoms with van der Waals surface area (Å²) < 4.78 is 33.3. The maximum Gasteiger partial charge on any atom is 0.503 e. The van der Waals surface area contributed by atoms with Crippen LogP contribution in [0.2, 0.25) is 12.1 Å². The Labute approximate surface area is 208 Å². The van der Waals surface area contributed by atoms with Crippen LogP contribution in [-0.2, 0) is 26.6 Å². The van der Waals surface area contributed by atoms with Gasteiger partial charge in [0.15, 0.2) is 0 Å². The summed E-state index contributed by atoms with van der Waals surface area (Å²) in [4.78, 5) is 10.8. The Hall–Kier alpha value is -0.656. The van der Waals surface area contributed by atoms with Crippen molar-refractivity contribution in [2.45, 2.75) is 71.8 Å². The Morgan fingerprint density at radius 2 is 1.24 bits per heavy atom. The van der Waals surface area contributed by atoms with Crippen LogP contribution in [0.4, 0.5) is 4.79 Å². The van der Waals surface area contributed by atoms with E-state index in [1.807, 2.05) is 41.5 Å². The molecule has 0 saturated heterocycles. The summed E-state index contributed by atoms with van der Waals surface area (Å²) in [6, 6.07) is 0.00853. The van der Waals surface area contributed by atoms with Crippen molar-refractivity contribution in [2.75, 3.05) is 47.7 Å². The number of hydrogen-bond acceptors (Lipinski definition) is 10. The highest BCUT2D eigenvalue weighted by Crippen LogP contribution is 2.34. The van der Waals surface area contributed by atoms with Gasteiger partial charge in [0, 0.05) is 83.3 Å². The van der Waals surface area contributed by atoms with Crippen molar-refractivity contribution in [2.24, 2.45) is 28.3 Å². The molecule has 0 bridgehead atoms. The minimum absolute atomic E-state index is 0.135. The van der Waals surface area contributed by atoms with E-state index in [0.717, 1.165) is 0 Å². The Balaban J connectivity index is 0. The van der Waals surface area contributed by atoms with Crippen molar-refractivity contribution in [1.29, 1.82) is 0 Å². The molecule has 0 rings (SSSR count). The van der Waals surface area contributed by atoms with Crippen molar-refractivity contribution >= 4 is 23.6 Å². The van der Waals surface area contributed by atoms with E-state index in [4.69, 9.17) is 49.5 Å². The van der Waals surface area contributed by atoms with E-state index in [-0.39, 0.29) is 18.1 Å². The number of primary amides is 1. The summed E-state index contributed by atoms with van der Waals surface area (Å²) in [7, 11) is -0.718. The van der Waals surface area contributed by atoms with Gasteiger partial charge in [0.2, 0.25) is 0 Å². The quantitative estimate of drug-likeness (QED) is 0.167. The van der Waals surface area contributed by atoms with Crippen molar-refractivity contribution < 1.29 is 31.4 Å². The Morgan fingerprint density at radius 1 is 0.853 bits per heavy atom. The molecular weight excluding hydrogens is 478 g/mol. The van der Waals surface area contributed by atoms with E-state index in [2.05, 4.69) is 5.32 Å². The van der Waals surface area contributed by atoms with E-state index < -0.39 is 29.1 Å². The van der Waals surface area contributed by atoms with Gasteiger partial charge in [0.05, 0.1) is 0 Å². The molecule has 9 N–H and O–H groups in total. The lowest BCUT2D eigenvalue weighted by Gasteiger charge is -2.43. The monoisotopic (exact) mass is 529 g/mol. The Morgan fingerprint density at radius 3 is 1.47 bits per heavy atom. The largest absolute Gasteiger partial charge is 0.503 e. The highest BCUT2D eigenvalue weighted by molar-refractivity contribution is 6.61. The normalized spacial score (nSPS) is 16.6. The first-order valence-corrected chi connectivity index (χ1v) is 15.5. The van der Waals surface area contributed by atoms with Gasteiger partial charge >= 0.3 is 23.6 Å². The fourth-order valence-electron chi connectivity index (χ4n) is 3.68. The molecule has 0 aliphatic rings. The zero-order valence-electron chi connectivity index (χ0n) is 22.6. The number of amides is 2. The molecule has 206 valence electrons. The molecule has 12 nitrogen and oxygen atoms in total. The molecule has 14 heteroatoms. The van der Waals surface area contributed by atoms with Crippen LogP contribution in [0, 0.1) is 5.41 Å². The van der Waals surface area contributed by atoms with E-state index in [1.165, 1.54) is 0 Å². The van der Waals surface area contributed by atoms with E-state index >= 15 is 0 Å². The molecule has 0 aromatic heterocycles. The minimum Gasteiger partial charge on any atom is -0.377 e. The predicted molar refractivity (Wildman–Crippen MR) is 138 cm³/mol. The first kappa shape index (κ1) is 35.5. The van der Waals surface area contributed by atoms with Crippen molar-refractivity contribution in [3.05, 3.63) is 0 Å². The van der Waals surface area contributed by atoms with Gasteiger partial charge in [-0.1, -0.05) is 0 Å². The molecule has 0 fully saturated rings. The maximum absolute atomic E-state index is 10.8. The number of rotatable bonds is 17. The van der Waals surface area contributed by atoms with Crippen LogP contribution in [0.5, 0.6) is 0 Å². The average Bonchev–Trinajstić information content (AvgIpc) is 2.75. The molecule has 0 aromatic rings. The van der Waals surface area contributed by atoms with Crippen LogP contribution in [0.25, 0.3) is 0 Å². The van der Waals surface area contributed by atoms with Crippen LogP contribution in [0.1, 0.15) is 41.5 Å². The topological polar surface area (TPSA) is 189 Å². The molecule has 3 unspecified atom stereocenters. The summed E-state index contributed by atoms with van der Waals surface area (Å²) in [5, 5.41) is 2.61. The summed E-state index contributed by atoms with van der Waals surface area (Å²) in [5.74, 6) is 0. The number of urea groups is 1. The second-order valence-electron chi connectivity index (χ2n) is 8.08. The van der Waals surface area contributed by atoms with Crippen LogP contribution in [0.3, 0.4) is 0 Å². The van der Waals surface area contributed by atoms with Crippen LogP contribution >= 0.6 is 0 Å². The molecule has 0 aromatic carbocycles. The SMILES string of the molecule is CCO[Si](CC(C)NC(N)=O)(OCC)OCC.CO[Si](CC(CN)(C(C)N)C(C)N)(OC)OC. The summed E-state index contributed by atoms with van der Waals surface area (Å²) >= 11 is 0. The molecule has 2 amide bonds. The smallest absolute Gasteiger partial charge is 0.377 e. The third-order valence-corrected chi connectivity index (χ3v) is 12.0. The van der Waals surface area contributed by atoms with E-state index in [9.17, 15) is 4.79 Å². The number of carbonyl (C=O) groups is 1. The summed E-state index contributed by atoms with van der Waals surface area (Å²) in [6.45, 7) is 13.3. The molecule has 34 heavy (non-hydrogen) atoms. The lowest BCUT2D eigenvalue weighted by molar-refractivity contribution is 0.0694. The average molecular weight is 530 g/mol. The Kier molecular flexibility index (Phi) is 18.5. The van der Waals surface area contributed by atoms with Crippen LogP contribution in [0.15, 0.2) is 0 Å². The van der Waals surface area contributed by atoms with Gasteiger partial charge in [0.1, 0.15) is 0 Å². The molecule has 0 saturated carbocycles. The molecule has 0 heterocycles. The summed E-state index contributed by atoms with van der Waals surface area (Å²) in [5.41, 5.74) is 22.6. The molecule has 3 atom stereocenters. The van der Waals surface area contributed by atoms with Crippen molar-refractivity contribution in [3.8, 4) is 0 Å². The molecule has 0 spiro atoms. The zero-order valence-corrected chi connectivity index (χ0v) is 24.6. The molecular formula is C20H51N5O7Si2. The Bertz CT molecular complexity index is 510. The van der Waals surface area contributed by atoms with Crippen LogP contribution < -0.4 is 28.3 Å². The lowest BCUT2D eigenvalue weighted by atomic mass is 9.77. The van der Waals surface area contributed by atoms with Crippen molar-refractivity contribution in [1.82, 2.24) is 5.32 Å². The second kappa shape index (κ2) is 17.7. The van der Waals surface area contributed by atoms with E-state index in [1.54, 1.807) is 21.3 Å². The van der Waals surface area contributed by atoms with Gasteiger partial charge in [-0.3, -0.25) is 0 Å². The van der Waals surface area contributed by atoms with Gasteiger partial charge in [-0.25, -0.2) is 4.79 Å². The molecule has 0 aliphatic heterocycles. The number of nitrogens with two attached hydrogens (primary N) is 4. The third-order valence-electron chi connectivity index (χ3n) is 5.71. The fraction of sp³-hybridized carbons (Fsp3) is 0.950. The number of nitrogens with one attached hydrogen (secondary N) is 1. The molecule has 0 aliphatic carbocycles. The van der Waals surface area contributed by atoms with Gasteiger partial charge in [-0.05, 0) is 41.5 Å². The van der Waals surface area contributed by atoms with E-state index in [0.29, 0.717) is 38.5 Å². The standard InChI is InChI=1S/C10H27N3O3Si.C10H24N2O4Si/c1-8(12)10(6-11,9(2)13)7-17(14-3,15-4)16-5;1-5-14-17(15-6-2,16-7-3)8-9(4)12-10(11)13/h8-9H,6-7,11-13H2,1-5H3;9H,5-8H2,1-4H3,(H3,11,12,13). The van der Waals surface area contributed by atoms with Gasteiger partial charge in [-0.2, -0.15) is 0 Å². The first-order valence-electron chi connectivity index (χ1n) is 11.7. The van der Waals surface area contributed by atoms with Crippen molar-refractivity contribution in [3.63, 3.8) is 0 Å². The lowest BCUT2D eigenvalue weighted by Crippen LogP contribution is -2.61. The summed E-state index contributed by atoms with van der Waals surface area (Å²) in [6.07, 6.45) is 0. The van der Waals surface area contributed by atoms with Gasteiger partial charge < -0.3 is 54.8 Å². The third kappa shape index (κ3) is 11.4. The van der Waals surface area contributed by atoms with Gasteiger partial charge in [-0.15, -0.1) is 0 Å². The van der Waals surface area contributed by atoms with Crippen LogP contribution in [-0.4, -0.2) is 89.5 Å². The highest BCUT2D eigenvalue weighted by atomic mass is 28.4.